The average molecular weight is 653 g/mol. The second kappa shape index (κ2) is 11.2. The van der Waals surface area contributed by atoms with E-state index >= 15 is 0 Å². The topological polar surface area (TPSA) is 20.3 Å². The second-order valence-corrected chi connectivity index (χ2v) is 16.4. The van der Waals surface area contributed by atoms with Gasteiger partial charge in [0.25, 0.3) is 0 Å². The zero-order chi connectivity index (χ0) is 22.5. The van der Waals surface area contributed by atoms with Gasteiger partial charge in [-0.1, -0.05) is 0 Å². The van der Waals surface area contributed by atoms with Crippen LogP contribution in [0.15, 0.2) is 72.9 Å². The Kier molecular flexibility index (Phi) is 8.38. The van der Waals surface area contributed by atoms with E-state index in [9.17, 15) is 4.79 Å². The van der Waals surface area contributed by atoms with Crippen LogP contribution in [-0.2, 0) is 11.2 Å². The van der Waals surface area contributed by atoms with Crippen LogP contribution in [0.4, 0.5) is 5.69 Å². The molecule has 0 aromatic heterocycles. The Morgan fingerprint density at radius 3 is 2.47 bits per heavy atom. The minimum atomic E-state index is -1.74. The zero-order valence-electron chi connectivity index (χ0n) is 19.3. The van der Waals surface area contributed by atoms with E-state index < -0.39 is 19.8 Å². The van der Waals surface area contributed by atoms with E-state index in [1.54, 1.807) is 0 Å². The number of nitrogens with zero attached hydrogens (tertiary/aromatic N) is 1. The molecule has 0 amide bonds. The fraction of sp³-hybridized carbons (Fsp3) is 0.357. The van der Waals surface area contributed by atoms with E-state index in [1.165, 1.54) is 59.9 Å². The molecule has 1 saturated heterocycles. The van der Waals surface area contributed by atoms with Crippen molar-refractivity contribution in [2.75, 3.05) is 22.9 Å². The molecule has 0 saturated carbocycles. The Morgan fingerprint density at radius 1 is 1.00 bits per heavy atom. The van der Waals surface area contributed by atoms with Gasteiger partial charge in [0.05, 0.1) is 0 Å². The standard InChI is InChI=1S/C28H33I2NO/c1-21-26(20-29-3)28(27(32)16-15-23-11-6-4-7-12-23)22(2)30(21)24-13-10-14-25(19-24)31-17-8-5-9-18-31/h4,6-7,10-14,19-20H,5,8-9,15-18H2,1-3H3. The third kappa shape index (κ3) is 5.27. The van der Waals surface area contributed by atoms with Gasteiger partial charge in [-0.05, 0) is 0 Å². The fourth-order valence-corrected chi connectivity index (χ4v) is 13.1. The van der Waals surface area contributed by atoms with Crippen LogP contribution in [0.5, 0.6) is 0 Å². The second-order valence-electron chi connectivity index (χ2n) is 8.40. The van der Waals surface area contributed by atoms with Gasteiger partial charge in [0.2, 0.25) is 0 Å². The Morgan fingerprint density at radius 2 is 1.75 bits per heavy atom. The zero-order valence-corrected chi connectivity index (χ0v) is 23.6. The summed E-state index contributed by atoms with van der Waals surface area (Å²) in [6, 6.07) is 19.7. The molecule has 2 aromatic rings. The van der Waals surface area contributed by atoms with E-state index in [-0.39, 0.29) is 20.7 Å². The molecular formula is C28H33I2NO. The van der Waals surface area contributed by atoms with Crippen LogP contribution >= 0.6 is 40.6 Å². The predicted octanol–water partition coefficient (Wildman–Crippen LogP) is 7.52. The summed E-state index contributed by atoms with van der Waals surface area (Å²) in [6.07, 6.45) is 5.36. The van der Waals surface area contributed by atoms with Crippen LogP contribution < -0.4 is 4.90 Å². The number of piperidine rings is 1. The third-order valence-electron chi connectivity index (χ3n) is 6.28. The number of halogens is 2. The number of Topliss-reactive ketones (excluding diaryl/α,β-unsaturated/α-hetero) is 1. The number of hydrogen-bond donors (Lipinski definition) is 0. The Balaban J connectivity index is 1.64. The molecule has 170 valence electrons. The molecule has 32 heavy (non-hydrogen) atoms. The van der Waals surface area contributed by atoms with Gasteiger partial charge < -0.3 is 0 Å². The third-order valence-corrected chi connectivity index (χ3v) is 13.8. The van der Waals surface area contributed by atoms with E-state index in [2.05, 4.69) is 76.2 Å². The summed E-state index contributed by atoms with van der Waals surface area (Å²) in [6.45, 7) is 6.91. The van der Waals surface area contributed by atoms with Crippen LogP contribution in [-0.4, -0.2) is 27.8 Å². The first-order valence-electron chi connectivity index (χ1n) is 11.5. The van der Waals surface area contributed by atoms with Crippen molar-refractivity contribution in [3.05, 3.63) is 82.0 Å². The molecular weight excluding hydrogens is 620 g/mol. The summed E-state index contributed by atoms with van der Waals surface area (Å²) in [5.41, 5.74) is 4.98. The van der Waals surface area contributed by atoms with E-state index in [4.69, 9.17) is 0 Å². The number of hydrogen-bond acceptors (Lipinski definition) is 2. The van der Waals surface area contributed by atoms with Crippen LogP contribution in [0, 0.1) is 3.57 Å². The number of carbonyl (C=O) groups excluding carboxylic acids is 1. The van der Waals surface area contributed by atoms with Gasteiger partial charge in [-0.2, -0.15) is 0 Å². The minimum absolute atomic E-state index is 0.0185. The molecule has 0 unspecified atom stereocenters. The summed E-state index contributed by atoms with van der Waals surface area (Å²) < 4.78 is 6.79. The van der Waals surface area contributed by atoms with Crippen molar-refractivity contribution in [1.29, 1.82) is 0 Å². The number of carbonyl (C=O) groups is 1. The number of anilines is 1. The molecule has 0 N–H and O–H groups in total. The van der Waals surface area contributed by atoms with Crippen molar-refractivity contribution >= 4 is 56.0 Å². The molecule has 2 aromatic carbocycles. The van der Waals surface area contributed by atoms with Crippen LogP contribution in [0.1, 0.15) is 45.1 Å². The normalized spacial score (nSPS) is 18.5. The van der Waals surface area contributed by atoms with Crippen molar-refractivity contribution < 1.29 is 4.79 Å². The van der Waals surface area contributed by atoms with E-state index in [1.807, 2.05) is 6.07 Å². The summed E-state index contributed by atoms with van der Waals surface area (Å²) in [4.78, 5) is 18.3. The molecule has 2 aliphatic rings. The maximum absolute atomic E-state index is 13.5. The number of alkyl halides is 1. The number of allylic oxidation sites excluding steroid dienone is 4. The number of benzene rings is 2. The summed E-state index contributed by atoms with van der Waals surface area (Å²) in [7, 11) is 0. The Hall–Kier alpha value is -1.28. The first kappa shape index (κ1) is 23.9. The summed E-state index contributed by atoms with van der Waals surface area (Å²) in [5.74, 6) is 0.335. The molecule has 1 fully saturated rings. The molecule has 0 aliphatic carbocycles. The maximum atomic E-state index is 13.5. The molecule has 2 nitrogen and oxygen atoms in total. The SMILES string of the molecule is CI=CC1=C(C)I(c2cccc(N3CCCCC3)c2)C(C)=C1C(=O)CCc1ccccc1. The molecule has 2 heterocycles. The van der Waals surface area contributed by atoms with Crippen molar-refractivity contribution in [2.24, 2.45) is 0 Å². The quantitative estimate of drug-likeness (QED) is 0.228. The monoisotopic (exact) mass is 653 g/mol. The van der Waals surface area contributed by atoms with Crippen molar-refractivity contribution in [2.45, 2.75) is 46.0 Å². The average Bonchev–Trinajstić information content (AvgIpc) is 3.08. The van der Waals surface area contributed by atoms with Crippen molar-refractivity contribution in [3.63, 3.8) is 0 Å². The van der Waals surface area contributed by atoms with Crippen LogP contribution in [0.2, 0.25) is 0 Å². The molecule has 4 heteroatoms. The first-order chi connectivity index (χ1) is 15.6. The fourth-order valence-electron chi connectivity index (χ4n) is 4.65. The van der Waals surface area contributed by atoms with Crippen LogP contribution in [0.3, 0.4) is 0 Å². The predicted molar refractivity (Wildman–Crippen MR) is 156 cm³/mol. The van der Waals surface area contributed by atoms with Gasteiger partial charge in [0.1, 0.15) is 0 Å². The van der Waals surface area contributed by atoms with Crippen LogP contribution in [0.25, 0.3) is 0 Å². The van der Waals surface area contributed by atoms with Gasteiger partial charge in [-0.25, -0.2) is 0 Å². The Bertz CT molecular complexity index is 1060. The van der Waals surface area contributed by atoms with Gasteiger partial charge in [0, 0.05) is 0 Å². The van der Waals surface area contributed by atoms with Gasteiger partial charge >= 0.3 is 212 Å². The molecule has 0 bridgehead atoms. The van der Waals surface area contributed by atoms with Gasteiger partial charge in [-0.15, -0.1) is 0 Å². The van der Waals surface area contributed by atoms with E-state index in [0.29, 0.717) is 12.2 Å². The van der Waals surface area contributed by atoms with Gasteiger partial charge in [0.15, 0.2) is 0 Å². The number of aryl methyl sites for hydroxylation is 1. The molecule has 4 rings (SSSR count). The number of ketones is 1. The Labute approximate surface area is 210 Å². The molecule has 2 aliphatic heterocycles. The van der Waals surface area contributed by atoms with Gasteiger partial charge in [-0.3, -0.25) is 0 Å². The van der Waals surface area contributed by atoms with Crippen molar-refractivity contribution in [3.8, 4) is 0 Å². The molecule has 0 radical (unpaired) electrons. The first-order valence-corrected chi connectivity index (χ1v) is 18.1. The molecule has 0 spiro atoms. The number of rotatable bonds is 7. The summed E-state index contributed by atoms with van der Waals surface area (Å²) >= 11 is -1.75. The van der Waals surface area contributed by atoms with E-state index in [0.717, 1.165) is 12.0 Å². The summed E-state index contributed by atoms with van der Waals surface area (Å²) in [5, 5.41) is 0. The molecule has 0 atom stereocenters. The van der Waals surface area contributed by atoms with Crippen molar-refractivity contribution in [1.82, 2.24) is 0 Å².